The SMILES string of the molecule is CC(C)(N)CC(O)C12CC3CC(CC(C3)C1)C2. The minimum Gasteiger partial charge on any atom is -0.392 e. The molecule has 0 amide bonds. The Labute approximate surface area is 105 Å². The first-order valence-electron chi connectivity index (χ1n) is 7.33. The molecular formula is C15H27NO. The second kappa shape index (κ2) is 3.71. The molecule has 4 bridgehead atoms. The molecule has 1 unspecified atom stereocenters. The standard InChI is InChI=1S/C15H27NO/c1-14(2,16)9-13(17)15-6-10-3-11(7-15)5-12(4-10)8-15/h10-13,17H,3-9,16H2,1-2H3. The molecule has 4 aliphatic rings. The van der Waals surface area contributed by atoms with Crippen molar-refractivity contribution in [2.75, 3.05) is 0 Å². The Hall–Kier alpha value is -0.0800. The van der Waals surface area contributed by atoms with E-state index in [1.165, 1.54) is 38.5 Å². The Kier molecular flexibility index (Phi) is 2.61. The maximum absolute atomic E-state index is 10.7. The van der Waals surface area contributed by atoms with Gasteiger partial charge < -0.3 is 10.8 Å². The van der Waals surface area contributed by atoms with Crippen molar-refractivity contribution in [3.63, 3.8) is 0 Å². The molecule has 0 aromatic heterocycles. The summed E-state index contributed by atoms with van der Waals surface area (Å²) in [7, 11) is 0. The summed E-state index contributed by atoms with van der Waals surface area (Å²) >= 11 is 0. The summed E-state index contributed by atoms with van der Waals surface area (Å²) in [6.45, 7) is 4.08. The first kappa shape index (κ1) is 12.0. The fraction of sp³-hybridized carbons (Fsp3) is 1.00. The summed E-state index contributed by atoms with van der Waals surface area (Å²) in [5.74, 6) is 2.74. The van der Waals surface area contributed by atoms with Crippen LogP contribution < -0.4 is 5.73 Å². The van der Waals surface area contributed by atoms with Gasteiger partial charge in [-0.25, -0.2) is 0 Å². The van der Waals surface area contributed by atoms with E-state index in [2.05, 4.69) is 0 Å². The van der Waals surface area contributed by atoms with Gasteiger partial charge >= 0.3 is 0 Å². The van der Waals surface area contributed by atoms with Crippen LogP contribution in [0, 0.1) is 23.2 Å². The van der Waals surface area contributed by atoms with Gasteiger partial charge in [0.05, 0.1) is 6.10 Å². The Morgan fingerprint density at radius 1 is 1.12 bits per heavy atom. The number of hydrogen-bond donors (Lipinski definition) is 2. The van der Waals surface area contributed by atoms with Gasteiger partial charge in [-0.05, 0) is 82.0 Å². The average Bonchev–Trinajstić information content (AvgIpc) is 2.12. The van der Waals surface area contributed by atoms with Crippen LogP contribution in [0.3, 0.4) is 0 Å². The van der Waals surface area contributed by atoms with Gasteiger partial charge in [-0.3, -0.25) is 0 Å². The number of aliphatic hydroxyl groups is 1. The highest BCUT2D eigenvalue weighted by molar-refractivity contribution is 5.05. The molecule has 0 spiro atoms. The Morgan fingerprint density at radius 3 is 1.88 bits per heavy atom. The minimum atomic E-state index is -0.233. The summed E-state index contributed by atoms with van der Waals surface area (Å²) in [5.41, 5.74) is 6.10. The molecule has 2 heteroatoms. The summed E-state index contributed by atoms with van der Waals surface area (Å²) < 4.78 is 0. The van der Waals surface area contributed by atoms with E-state index in [0.717, 1.165) is 24.2 Å². The van der Waals surface area contributed by atoms with E-state index < -0.39 is 0 Å². The van der Waals surface area contributed by atoms with Crippen molar-refractivity contribution in [2.45, 2.75) is 70.4 Å². The highest BCUT2D eigenvalue weighted by atomic mass is 16.3. The van der Waals surface area contributed by atoms with Crippen LogP contribution in [0.4, 0.5) is 0 Å². The molecule has 3 N–H and O–H groups in total. The van der Waals surface area contributed by atoms with Crippen molar-refractivity contribution in [3.8, 4) is 0 Å². The Morgan fingerprint density at radius 2 is 1.53 bits per heavy atom. The van der Waals surface area contributed by atoms with Crippen LogP contribution in [-0.4, -0.2) is 16.7 Å². The molecule has 0 radical (unpaired) electrons. The zero-order chi connectivity index (χ0) is 12.3. The normalized spacial score (nSPS) is 46.2. The predicted molar refractivity (Wildman–Crippen MR) is 69.5 cm³/mol. The fourth-order valence-corrected chi connectivity index (χ4v) is 5.30. The lowest BCUT2D eigenvalue weighted by molar-refractivity contribution is -0.126. The lowest BCUT2D eigenvalue weighted by Gasteiger charge is -2.59. The molecule has 4 saturated carbocycles. The molecule has 0 saturated heterocycles. The van der Waals surface area contributed by atoms with Gasteiger partial charge in [0, 0.05) is 5.54 Å². The lowest BCUT2D eigenvalue weighted by Crippen LogP contribution is -2.53. The van der Waals surface area contributed by atoms with Crippen LogP contribution in [0.25, 0.3) is 0 Å². The zero-order valence-electron chi connectivity index (χ0n) is 11.3. The first-order valence-corrected chi connectivity index (χ1v) is 7.33. The van der Waals surface area contributed by atoms with Crippen LogP contribution in [0.5, 0.6) is 0 Å². The maximum atomic E-state index is 10.7. The predicted octanol–water partition coefficient (Wildman–Crippen LogP) is 2.69. The largest absolute Gasteiger partial charge is 0.392 e. The molecule has 4 aliphatic carbocycles. The molecule has 0 aromatic rings. The fourth-order valence-electron chi connectivity index (χ4n) is 5.30. The number of aliphatic hydroxyl groups excluding tert-OH is 1. The van der Waals surface area contributed by atoms with E-state index in [0.29, 0.717) is 0 Å². The Bertz CT molecular complexity index is 269. The van der Waals surface area contributed by atoms with Gasteiger partial charge in [0.1, 0.15) is 0 Å². The van der Waals surface area contributed by atoms with Gasteiger partial charge in [-0.15, -0.1) is 0 Å². The van der Waals surface area contributed by atoms with Crippen molar-refractivity contribution in [2.24, 2.45) is 28.9 Å². The number of rotatable bonds is 3. The van der Waals surface area contributed by atoms with Gasteiger partial charge in [0.25, 0.3) is 0 Å². The van der Waals surface area contributed by atoms with Gasteiger partial charge in [0.15, 0.2) is 0 Å². The summed E-state index contributed by atoms with van der Waals surface area (Å²) in [4.78, 5) is 0. The second-order valence-electron chi connectivity index (χ2n) is 7.99. The molecule has 0 aromatic carbocycles. The summed E-state index contributed by atoms with van der Waals surface area (Å²) in [6, 6.07) is 0. The lowest BCUT2D eigenvalue weighted by atomic mass is 9.47. The van der Waals surface area contributed by atoms with Crippen molar-refractivity contribution in [1.82, 2.24) is 0 Å². The molecule has 17 heavy (non-hydrogen) atoms. The molecular weight excluding hydrogens is 210 g/mol. The smallest absolute Gasteiger partial charge is 0.0614 e. The molecule has 98 valence electrons. The summed E-state index contributed by atoms with van der Waals surface area (Å²) in [6.07, 6.45) is 8.74. The molecule has 0 heterocycles. The van der Waals surface area contributed by atoms with E-state index in [4.69, 9.17) is 5.73 Å². The summed E-state index contributed by atoms with van der Waals surface area (Å²) in [5, 5.41) is 10.7. The van der Waals surface area contributed by atoms with E-state index >= 15 is 0 Å². The van der Waals surface area contributed by atoms with E-state index in [-0.39, 0.29) is 17.1 Å². The van der Waals surface area contributed by atoms with Crippen molar-refractivity contribution in [3.05, 3.63) is 0 Å². The molecule has 1 atom stereocenters. The van der Waals surface area contributed by atoms with Crippen LogP contribution in [0.2, 0.25) is 0 Å². The van der Waals surface area contributed by atoms with Crippen molar-refractivity contribution in [1.29, 1.82) is 0 Å². The van der Waals surface area contributed by atoms with Gasteiger partial charge in [-0.1, -0.05) is 0 Å². The van der Waals surface area contributed by atoms with Crippen LogP contribution in [-0.2, 0) is 0 Å². The second-order valence-corrected chi connectivity index (χ2v) is 7.99. The maximum Gasteiger partial charge on any atom is 0.0614 e. The third-order valence-electron chi connectivity index (χ3n) is 5.51. The van der Waals surface area contributed by atoms with Crippen LogP contribution in [0.1, 0.15) is 58.8 Å². The average molecular weight is 237 g/mol. The van der Waals surface area contributed by atoms with Gasteiger partial charge in [-0.2, -0.15) is 0 Å². The Balaban J connectivity index is 1.77. The third kappa shape index (κ3) is 2.15. The highest BCUT2D eigenvalue weighted by Crippen LogP contribution is 2.61. The molecule has 2 nitrogen and oxygen atoms in total. The minimum absolute atomic E-state index is 0.170. The van der Waals surface area contributed by atoms with E-state index in [1.807, 2.05) is 13.8 Å². The molecule has 0 aliphatic heterocycles. The van der Waals surface area contributed by atoms with E-state index in [9.17, 15) is 5.11 Å². The highest BCUT2D eigenvalue weighted by Gasteiger charge is 2.54. The van der Waals surface area contributed by atoms with Crippen molar-refractivity contribution < 1.29 is 5.11 Å². The molecule has 4 fully saturated rings. The van der Waals surface area contributed by atoms with Gasteiger partial charge in [0.2, 0.25) is 0 Å². The van der Waals surface area contributed by atoms with Crippen molar-refractivity contribution >= 4 is 0 Å². The number of hydrogen-bond acceptors (Lipinski definition) is 2. The first-order chi connectivity index (χ1) is 7.86. The third-order valence-corrected chi connectivity index (χ3v) is 5.51. The quantitative estimate of drug-likeness (QED) is 0.792. The monoisotopic (exact) mass is 237 g/mol. The zero-order valence-corrected chi connectivity index (χ0v) is 11.3. The van der Waals surface area contributed by atoms with Crippen LogP contribution in [0.15, 0.2) is 0 Å². The molecule has 4 rings (SSSR count). The van der Waals surface area contributed by atoms with E-state index in [1.54, 1.807) is 0 Å². The van der Waals surface area contributed by atoms with Crippen LogP contribution >= 0.6 is 0 Å². The topological polar surface area (TPSA) is 46.2 Å². The number of nitrogens with two attached hydrogens (primary N) is 1.